The standard InChI is InChI=1S/C13H14N2O/c1-10-5-6-11(14)8-13(10)16-9-12-4-2-3-7-15-12/h2-8H,9,14H2,1H3. The molecule has 0 radical (unpaired) electrons. The number of hydrogen-bond donors (Lipinski definition) is 1. The number of hydrogen-bond acceptors (Lipinski definition) is 3. The van der Waals surface area contributed by atoms with Crippen molar-refractivity contribution in [2.75, 3.05) is 5.73 Å². The summed E-state index contributed by atoms with van der Waals surface area (Å²) in [5.41, 5.74) is 8.39. The molecule has 3 nitrogen and oxygen atoms in total. The van der Waals surface area contributed by atoms with Gasteiger partial charge in [-0.25, -0.2) is 0 Å². The number of rotatable bonds is 3. The van der Waals surface area contributed by atoms with E-state index in [4.69, 9.17) is 10.5 Å². The molecular formula is C13H14N2O. The minimum atomic E-state index is 0.463. The van der Waals surface area contributed by atoms with Gasteiger partial charge in [-0.2, -0.15) is 0 Å². The molecular weight excluding hydrogens is 200 g/mol. The van der Waals surface area contributed by atoms with Crippen LogP contribution < -0.4 is 10.5 Å². The first-order chi connectivity index (χ1) is 7.75. The lowest BCUT2D eigenvalue weighted by molar-refractivity contribution is 0.299. The average molecular weight is 214 g/mol. The molecule has 0 saturated carbocycles. The first kappa shape index (κ1) is 10.5. The predicted molar refractivity (Wildman–Crippen MR) is 64.2 cm³/mol. The Morgan fingerprint density at radius 1 is 1.25 bits per heavy atom. The van der Waals surface area contributed by atoms with Crippen LogP contribution in [0.4, 0.5) is 5.69 Å². The molecule has 0 aliphatic heterocycles. The fraction of sp³-hybridized carbons (Fsp3) is 0.154. The smallest absolute Gasteiger partial charge is 0.130 e. The molecule has 2 N–H and O–H groups in total. The van der Waals surface area contributed by atoms with Crippen molar-refractivity contribution in [2.45, 2.75) is 13.5 Å². The van der Waals surface area contributed by atoms with Gasteiger partial charge in [0.1, 0.15) is 12.4 Å². The van der Waals surface area contributed by atoms with Crippen molar-refractivity contribution in [1.82, 2.24) is 4.98 Å². The van der Waals surface area contributed by atoms with Crippen LogP contribution in [0.2, 0.25) is 0 Å². The van der Waals surface area contributed by atoms with E-state index >= 15 is 0 Å². The largest absolute Gasteiger partial charge is 0.487 e. The molecule has 0 aliphatic carbocycles. The van der Waals surface area contributed by atoms with Crippen molar-refractivity contribution in [3.05, 3.63) is 53.9 Å². The topological polar surface area (TPSA) is 48.1 Å². The summed E-state index contributed by atoms with van der Waals surface area (Å²) >= 11 is 0. The number of anilines is 1. The highest BCUT2D eigenvalue weighted by molar-refractivity contribution is 5.47. The summed E-state index contributed by atoms with van der Waals surface area (Å²) in [7, 11) is 0. The maximum Gasteiger partial charge on any atom is 0.130 e. The Morgan fingerprint density at radius 3 is 2.88 bits per heavy atom. The number of aryl methyl sites for hydroxylation is 1. The number of nitrogens with zero attached hydrogens (tertiary/aromatic N) is 1. The summed E-state index contributed by atoms with van der Waals surface area (Å²) in [6.07, 6.45) is 1.75. The average Bonchev–Trinajstić information content (AvgIpc) is 2.32. The Morgan fingerprint density at radius 2 is 2.12 bits per heavy atom. The van der Waals surface area contributed by atoms with E-state index in [0.29, 0.717) is 12.3 Å². The Kier molecular flexibility index (Phi) is 3.05. The van der Waals surface area contributed by atoms with E-state index in [9.17, 15) is 0 Å². The van der Waals surface area contributed by atoms with Gasteiger partial charge in [-0.15, -0.1) is 0 Å². The maximum atomic E-state index is 5.70. The molecule has 0 amide bonds. The summed E-state index contributed by atoms with van der Waals surface area (Å²) in [5.74, 6) is 0.811. The van der Waals surface area contributed by atoms with Crippen molar-refractivity contribution in [3.8, 4) is 5.75 Å². The first-order valence-electron chi connectivity index (χ1n) is 5.14. The number of benzene rings is 1. The maximum absolute atomic E-state index is 5.70. The van der Waals surface area contributed by atoms with Gasteiger partial charge in [0.05, 0.1) is 5.69 Å². The Bertz CT molecular complexity index is 469. The normalized spacial score (nSPS) is 10.1. The minimum Gasteiger partial charge on any atom is -0.487 e. The fourth-order valence-electron chi connectivity index (χ4n) is 1.41. The van der Waals surface area contributed by atoms with Crippen LogP contribution in [0.25, 0.3) is 0 Å². The molecule has 16 heavy (non-hydrogen) atoms. The molecule has 0 saturated heterocycles. The predicted octanol–water partition coefficient (Wildman–Crippen LogP) is 2.55. The highest BCUT2D eigenvalue weighted by Gasteiger charge is 2.01. The van der Waals surface area contributed by atoms with Gasteiger partial charge in [0, 0.05) is 18.0 Å². The van der Waals surface area contributed by atoms with E-state index < -0.39 is 0 Å². The summed E-state index contributed by atoms with van der Waals surface area (Å²) < 4.78 is 5.66. The van der Waals surface area contributed by atoms with Crippen molar-refractivity contribution < 1.29 is 4.74 Å². The number of nitrogen functional groups attached to an aromatic ring is 1. The van der Waals surface area contributed by atoms with E-state index in [1.54, 1.807) is 6.20 Å². The Hall–Kier alpha value is -2.03. The van der Waals surface area contributed by atoms with Crippen LogP contribution in [0.3, 0.4) is 0 Å². The minimum absolute atomic E-state index is 0.463. The lowest BCUT2D eigenvalue weighted by atomic mass is 10.2. The van der Waals surface area contributed by atoms with E-state index in [1.807, 2.05) is 43.3 Å². The monoisotopic (exact) mass is 214 g/mol. The third kappa shape index (κ3) is 2.51. The molecule has 0 fully saturated rings. The molecule has 0 aliphatic rings. The van der Waals surface area contributed by atoms with Gasteiger partial charge in [0.2, 0.25) is 0 Å². The van der Waals surface area contributed by atoms with E-state index in [2.05, 4.69) is 4.98 Å². The summed E-state index contributed by atoms with van der Waals surface area (Å²) in [6, 6.07) is 11.4. The second kappa shape index (κ2) is 4.66. The molecule has 2 rings (SSSR count). The van der Waals surface area contributed by atoms with Crippen molar-refractivity contribution >= 4 is 5.69 Å². The SMILES string of the molecule is Cc1ccc(N)cc1OCc1ccccn1. The molecule has 82 valence electrons. The third-order valence-electron chi connectivity index (χ3n) is 2.31. The van der Waals surface area contributed by atoms with Gasteiger partial charge in [-0.05, 0) is 30.7 Å². The summed E-state index contributed by atoms with van der Waals surface area (Å²) in [4.78, 5) is 4.19. The quantitative estimate of drug-likeness (QED) is 0.799. The first-order valence-corrected chi connectivity index (χ1v) is 5.14. The molecule has 1 aromatic carbocycles. The van der Waals surface area contributed by atoms with Crippen LogP contribution in [0.1, 0.15) is 11.3 Å². The van der Waals surface area contributed by atoms with Crippen LogP contribution in [0.15, 0.2) is 42.6 Å². The molecule has 1 aromatic heterocycles. The number of aromatic nitrogens is 1. The third-order valence-corrected chi connectivity index (χ3v) is 2.31. The Labute approximate surface area is 94.9 Å². The van der Waals surface area contributed by atoms with Gasteiger partial charge in [-0.3, -0.25) is 4.98 Å². The second-order valence-corrected chi connectivity index (χ2v) is 3.63. The molecule has 1 heterocycles. The summed E-state index contributed by atoms with van der Waals surface area (Å²) in [6.45, 7) is 2.46. The summed E-state index contributed by atoms with van der Waals surface area (Å²) in [5, 5.41) is 0. The van der Waals surface area contributed by atoms with Crippen LogP contribution in [-0.4, -0.2) is 4.98 Å². The lowest BCUT2D eigenvalue weighted by Crippen LogP contribution is -1.99. The van der Waals surface area contributed by atoms with Gasteiger partial charge < -0.3 is 10.5 Å². The zero-order valence-corrected chi connectivity index (χ0v) is 9.18. The van der Waals surface area contributed by atoms with Crippen molar-refractivity contribution in [2.24, 2.45) is 0 Å². The highest BCUT2D eigenvalue weighted by atomic mass is 16.5. The van der Waals surface area contributed by atoms with Gasteiger partial charge >= 0.3 is 0 Å². The van der Waals surface area contributed by atoms with Gasteiger partial charge in [-0.1, -0.05) is 12.1 Å². The lowest BCUT2D eigenvalue weighted by Gasteiger charge is -2.09. The van der Waals surface area contributed by atoms with Crippen LogP contribution in [-0.2, 0) is 6.61 Å². The second-order valence-electron chi connectivity index (χ2n) is 3.63. The van der Waals surface area contributed by atoms with Gasteiger partial charge in [0.25, 0.3) is 0 Å². The highest BCUT2D eigenvalue weighted by Crippen LogP contribution is 2.21. The Balaban J connectivity index is 2.08. The van der Waals surface area contributed by atoms with E-state index in [0.717, 1.165) is 17.0 Å². The zero-order chi connectivity index (χ0) is 11.4. The van der Waals surface area contributed by atoms with E-state index in [1.165, 1.54) is 0 Å². The molecule has 0 unspecified atom stereocenters. The molecule has 2 aromatic rings. The van der Waals surface area contributed by atoms with Crippen LogP contribution in [0, 0.1) is 6.92 Å². The molecule has 0 bridgehead atoms. The number of ether oxygens (including phenoxy) is 1. The molecule has 3 heteroatoms. The van der Waals surface area contributed by atoms with Crippen LogP contribution >= 0.6 is 0 Å². The van der Waals surface area contributed by atoms with Crippen molar-refractivity contribution in [1.29, 1.82) is 0 Å². The van der Waals surface area contributed by atoms with Gasteiger partial charge in [0.15, 0.2) is 0 Å². The zero-order valence-electron chi connectivity index (χ0n) is 9.18. The molecule has 0 atom stereocenters. The van der Waals surface area contributed by atoms with E-state index in [-0.39, 0.29) is 0 Å². The fourth-order valence-corrected chi connectivity index (χ4v) is 1.41. The number of nitrogens with two attached hydrogens (primary N) is 1. The van der Waals surface area contributed by atoms with Crippen LogP contribution in [0.5, 0.6) is 5.75 Å². The number of pyridine rings is 1. The molecule has 0 spiro atoms. The van der Waals surface area contributed by atoms with Crippen molar-refractivity contribution in [3.63, 3.8) is 0 Å².